The molecule has 0 aromatic heterocycles. The van der Waals surface area contributed by atoms with Crippen LogP contribution in [-0.2, 0) is 20.1 Å². The number of carbonyl (C=O) groups is 2. The van der Waals surface area contributed by atoms with Gasteiger partial charge in [-0.3, -0.25) is 14.5 Å². The Balaban J connectivity index is 1.90. The summed E-state index contributed by atoms with van der Waals surface area (Å²) >= 11 is 1.45. The Morgan fingerprint density at radius 3 is 2.45 bits per heavy atom. The summed E-state index contributed by atoms with van der Waals surface area (Å²) in [7, 11) is 0. The van der Waals surface area contributed by atoms with E-state index in [-0.39, 0.29) is 11.8 Å². The molecule has 2 amide bonds. The molecule has 0 atom stereocenters. The summed E-state index contributed by atoms with van der Waals surface area (Å²) in [6.07, 6.45) is 0.641. The van der Waals surface area contributed by atoms with Crippen molar-refractivity contribution in [3.8, 4) is 0 Å². The Kier molecular flexibility index (Phi) is 7.29. The third-order valence-corrected chi connectivity index (χ3v) is 6.02. The number of hydrogen-bond acceptors (Lipinski definition) is 4. The number of hydrogen-bond donors (Lipinski definition) is 0. The lowest BCUT2D eigenvalue weighted by atomic mass is 9.99. The number of aryl methyl sites for hydroxylation is 2. The molecule has 2 aromatic rings. The summed E-state index contributed by atoms with van der Waals surface area (Å²) in [6, 6.07) is 16.0. The van der Waals surface area contributed by atoms with E-state index in [1.165, 1.54) is 16.7 Å². The molecule has 1 aliphatic rings. The van der Waals surface area contributed by atoms with Gasteiger partial charge in [-0.2, -0.15) is 0 Å². The highest BCUT2D eigenvalue weighted by Crippen LogP contribution is 2.38. The van der Waals surface area contributed by atoms with Crippen LogP contribution >= 0.6 is 11.8 Å². The monoisotopic (exact) mass is 409 g/mol. The number of rotatable bonds is 9. The molecule has 4 nitrogen and oxygen atoms in total. The first-order valence-electron chi connectivity index (χ1n) is 9.95. The number of carbonyl (C=O) groups excluding carboxylic acids is 2. The van der Waals surface area contributed by atoms with Crippen molar-refractivity contribution in [3.63, 3.8) is 0 Å². The van der Waals surface area contributed by atoms with Crippen molar-refractivity contribution in [1.29, 1.82) is 0 Å². The highest BCUT2D eigenvalue weighted by molar-refractivity contribution is 8.03. The first-order valence-corrected chi connectivity index (χ1v) is 10.9. The third kappa shape index (κ3) is 4.98. The minimum Gasteiger partial charge on any atom is -0.382 e. The molecule has 0 saturated carbocycles. The van der Waals surface area contributed by atoms with Gasteiger partial charge in [0.1, 0.15) is 0 Å². The molecular weight excluding hydrogens is 382 g/mol. The van der Waals surface area contributed by atoms with Gasteiger partial charge in [-0.15, -0.1) is 11.8 Å². The van der Waals surface area contributed by atoms with E-state index in [1.54, 1.807) is 0 Å². The van der Waals surface area contributed by atoms with Gasteiger partial charge in [0.05, 0.1) is 10.5 Å². The molecule has 0 N–H and O–H groups in total. The zero-order valence-electron chi connectivity index (χ0n) is 17.2. The number of amides is 2. The summed E-state index contributed by atoms with van der Waals surface area (Å²) in [5.41, 5.74) is 4.65. The average Bonchev–Trinajstić information content (AvgIpc) is 2.94. The average molecular weight is 410 g/mol. The smallest absolute Gasteiger partial charge is 0.267 e. The molecule has 2 aromatic carbocycles. The second-order valence-corrected chi connectivity index (χ2v) is 8.09. The minimum absolute atomic E-state index is 0.192. The Labute approximate surface area is 176 Å². The number of imide groups is 1. The van der Waals surface area contributed by atoms with E-state index >= 15 is 0 Å². The van der Waals surface area contributed by atoms with Gasteiger partial charge >= 0.3 is 0 Å². The van der Waals surface area contributed by atoms with Gasteiger partial charge in [0.15, 0.2) is 0 Å². The predicted molar refractivity (Wildman–Crippen MR) is 118 cm³/mol. The van der Waals surface area contributed by atoms with Crippen molar-refractivity contribution in [2.45, 2.75) is 32.9 Å². The third-order valence-electron chi connectivity index (χ3n) is 4.88. The van der Waals surface area contributed by atoms with E-state index in [1.807, 2.05) is 63.2 Å². The van der Waals surface area contributed by atoms with E-state index < -0.39 is 0 Å². The molecule has 0 unspecified atom stereocenters. The van der Waals surface area contributed by atoms with Crippen LogP contribution in [0.25, 0.3) is 5.57 Å². The van der Waals surface area contributed by atoms with E-state index in [0.29, 0.717) is 42.4 Å². The fourth-order valence-electron chi connectivity index (χ4n) is 3.42. The summed E-state index contributed by atoms with van der Waals surface area (Å²) in [6.45, 7) is 7.50. The molecule has 0 fully saturated rings. The van der Waals surface area contributed by atoms with Gasteiger partial charge in [0.25, 0.3) is 11.8 Å². The van der Waals surface area contributed by atoms with Crippen molar-refractivity contribution in [2.24, 2.45) is 0 Å². The lowest BCUT2D eigenvalue weighted by Gasteiger charge is -2.15. The molecule has 5 heteroatoms. The Morgan fingerprint density at radius 2 is 1.76 bits per heavy atom. The number of ether oxygens (including phenoxy) is 1. The van der Waals surface area contributed by atoms with Crippen molar-refractivity contribution < 1.29 is 14.3 Å². The Hall–Kier alpha value is -2.37. The molecule has 0 bridgehead atoms. The van der Waals surface area contributed by atoms with Crippen LogP contribution in [0.15, 0.2) is 53.4 Å². The van der Waals surface area contributed by atoms with Crippen molar-refractivity contribution >= 4 is 29.1 Å². The molecule has 1 heterocycles. The summed E-state index contributed by atoms with van der Waals surface area (Å²) in [4.78, 5) is 28.3. The molecule has 0 saturated heterocycles. The topological polar surface area (TPSA) is 46.6 Å². The molecule has 152 valence electrons. The van der Waals surface area contributed by atoms with Crippen LogP contribution in [-0.4, -0.2) is 36.5 Å². The van der Waals surface area contributed by atoms with Gasteiger partial charge in [-0.05, 0) is 43.9 Å². The number of thioether (sulfide) groups is 1. The summed E-state index contributed by atoms with van der Waals surface area (Å²) in [5, 5.41) is 0. The molecule has 1 aliphatic heterocycles. The fourth-order valence-corrected chi connectivity index (χ4v) is 4.50. The van der Waals surface area contributed by atoms with Crippen LogP contribution in [0.4, 0.5) is 0 Å². The number of nitrogens with zero attached hydrogens (tertiary/aromatic N) is 1. The maximum Gasteiger partial charge on any atom is 0.267 e. The zero-order chi connectivity index (χ0) is 20.8. The standard InChI is InChI=1S/C24H27NO3S/c1-4-28-14-8-13-25-23(26)21(20-12-11-17(2)15-18(20)3)22(24(25)27)29-16-19-9-6-5-7-10-19/h5-7,9-12,15H,4,8,13-14,16H2,1-3H3. The van der Waals surface area contributed by atoms with Gasteiger partial charge < -0.3 is 4.74 Å². The van der Waals surface area contributed by atoms with Crippen LogP contribution in [0.3, 0.4) is 0 Å². The highest BCUT2D eigenvalue weighted by Gasteiger charge is 2.39. The zero-order valence-corrected chi connectivity index (χ0v) is 18.1. The quantitative estimate of drug-likeness (QED) is 0.443. The minimum atomic E-state index is -0.200. The van der Waals surface area contributed by atoms with Gasteiger partial charge in [-0.1, -0.05) is 54.1 Å². The molecule has 0 radical (unpaired) electrons. The van der Waals surface area contributed by atoms with E-state index in [2.05, 4.69) is 6.07 Å². The van der Waals surface area contributed by atoms with E-state index in [4.69, 9.17) is 4.74 Å². The van der Waals surface area contributed by atoms with Crippen LogP contribution in [0.5, 0.6) is 0 Å². The van der Waals surface area contributed by atoms with Crippen LogP contribution in [0, 0.1) is 13.8 Å². The largest absolute Gasteiger partial charge is 0.382 e. The molecule has 29 heavy (non-hydrogen) atoms. The predicted octanol–water partition coefficient (Wildman–Crippen LogP) is 4.74. The normalized spacial score (nSPS) is 14.2. The summed E-state index contributed by atoms with van der Waals surface area (Å²) in [5.74, 6) is 0.257. The molecule has 3 rings (SSSR count). The van der Waals surface area contributed by atoms with Crippen molar-refractivity contribution in [2.75, 3.05) is 19.8 Å². The maximum atomic E-state index is 13.2. The van der Waals surface area contributed by atoms with E-state index in [9.17, 15) is 9.59 Å². The van der Waals surface area contributed by atoms with Crippen LogP contribution < -0.4 is 0 Å². The second kappa shape index (κ2) is 9.90. The van der Waals surface area contributed by atoms with Crippen molar-refractivity contribution in [1.82, 2.24) is 4.90 Å². The van der Waals surface area contributed by atoms with Gasteiger partial charge in [-0.25, -0.2) is 0 Å². The SMILES string of the molecule is CCOCCCN1C(=O)C(SCc2ccccc2)=C(c2ccc(C)cc2C)C1=O. The van der Waals surface area contributed by atoms with Crippen LogP contribution in [0.1, 0.15) is 35.6 Å². The fraction of sp³-hybridized carbons (Fsp3) is 0.333. The molecular formula is C24H27NO3S. The van der Waals surface area contributed by atoms with Crippen LogP contribution in [0.2, 0.25) is 0 Å². The molecule has 0 spiro atoms. The Bertz CT molecular complexity index is 921. The lowest BCUT2D eigenvalue weighted by Crippen LogP contribution is -2.33. The Morgan fingerprint density at radius 1 is 1.00 bits per heavy atom. The van der Waals surface area contributed by atoms with Gasteiger partial charge in [0, 0.05) is 25.5 Å². The first kappa shape index (κ1) is 21.3. The number of benzene rings is 2. The highest BCUT2D eigenvalue weighted by atomic mass is 32.2. The molecule has 0 aliphatic carbocycles. The maximum absolute atomic E-state index is 13.2. The first-order chi connectivity index (χ1) is 14.0. The van der Waals surface area contributed by atoms with Crippen molar-refractivity contribution in [3.05, 3.63) is 75.7 Å². The van der Waals surface area contributed by atoms with E-state index in [0.717, 1.165) is 22.3 Å². The second-order valence-electron chi connectivity index (χ2n) is 7.11. The van der Waals surface area contributed by atoms with Gasteiger partial charge in [0.2, 0.25) is 0 Å². The summed E-state index contributed by atoms with van der Waals surface area (Å²) < 4.78 is 5.37. The lowest BCUT2D eigenvalue weighted by molar-refractivity contribution is -0.136.